The molecule has 0 bridgehead atoms. The monoisotopic (exact) mass is 371 g/mol. The van der Waals surface area contributed by atoms with Gasteiger partial charge in [-0.2, -0.15) is 0 Å². The lowest BCUT2D eigenvalue weighted by Crippen LogP contribution is -2.35. The van der Waals surface area contributed by atoms with Crippen molar-refractivity contribution in [3.8, 4) is 0 Å². The molecule has 2 aromatic carbocycles. The molecule has 0 radical (unpaired) electrons. The minimum atomic E-state index is -0.652. The Hall–Kier alpha value is -1.66. The van der Waals surface area contributed by atoms with Gasteiger partial charge in [-0.25, -0.2) is 0 Å². The van der Waals surface area contributed by atoms with Crippen LogP contribution in [0.1, 0.15) is 23.8 Å². The summed E-state index contributed by atoms with van der Waals surface area (Å²) in [7, 11) is 0. The van der Waals surface area contributed by atoms with Gasteiger partial charge in [0.25, 0.3) is 0 Å². The lowest BCUT2D eigenvalue weighted by molar-refractivity contribution is -0.358. The second kappa shape index (κ2) is 7.53. The molecule has 2 saturated heterocycles. The summed E-state index contributed by atoms with van der Waals surface area (Å²) in [5.41, 5.74) is 1.02. The Bertz CT molecular complexity index is 747. The van der Waals surface area contributed by atoms with E-state index in [0.29, 0.717) is 0 Å². The smallest absolute Gasteiger partial charge is 0.328 e. The number of benzene rings is 2. The summed E-state index contributed by atoms with van der Waals surface area (Å²) in [6.07, 6.45) is 0.849. The molecule has 2 heterocycles. The van der Waals surface area contributed by atoms with Gasteiger partial charge in [-0.15, -0.1) is 11.8 Å². The summed E-state index contributed by atoms with van der Waals surface area (Å²) in [5.74, 6) is 0.124. The molecule has 136 valence electrons. The van der Waals surface area contributed by atoms with E-state index in [-0.39, 0.29) is 24.6 Å². The zero-order valence-electron chi connectivity index (χ0n) is 14.9. The first-order valence-corrected chi connectivity index (χ1v) is 9.82. The SMILES string of the molecule is CC1(C)O[C@H]2O[C@H](CSc3ccccc3)[C@H]([O+]=Cc3ccccc3)[C@H]2O1. The van der Waals surface area contributed by atoms with Gasteiger partial charge in [-0.05, 0) is 38.1 Å². The molecular weight excluding hydrogens is 348 g/mol. The standard InChI is InChI=1S/C21H23O4S/c1-21(2)24-19-18(22-13-15-9-5-3-6-10-15)17(23-20(19)25-21)14-26-16-11-7-4-8-12-16/h3-13,17-20H,14H2,1-2H3/q+1/t17-,18+,19-,20-/m1/s1. The lowest BCUT2D eigenvalue weighted by Gasteiger charge is -2.20. The number of rotatable bonds is 5. The van der Waals surface area contributed by atoms with Crippen LogP contribution in [0, 0.1) is 0 Å². The van der Waals surface area contributed by atoms with Gasteiger partial charge in [0.2, 0.25) is 6.10 Å². The van der Waals surface area contributed by atoms with Gasteiger partial charge in [-0.3, -0.25) is 4.42 Å². The van der Waals surface area contributed by atoms with E-state index in [4.69, 9.17) is 18.6 Å². The van der Waals surface area contributed by atoms with Gasteiger partial charge in [0.05, 0.1) is 5.56 Å². The van der Waals surface area contributed by atoms with Crippen LogP contribution in [-0.2, 0) is 14.2 Å². The molecule has 4 atom stereocenters. The van der Waals surface area contributed by atoms with Crippen LogP contribution >= 0.6 is 11.8 Å². The van der Waals surface area contributed by atoms with Crippen molar-refractivity contribution in [2.24, 2.45) is 0 Å². The number of aldehydes is 1. The highest BCUT2D eigenvalue weighted by Gasteiger charge is 2.60. The van der Waals surface area contributed by atoms with Crippen molar-refractivity contribution in [3.63, 3.8) is 0 Å². The highest BCUT2D eigenvalue weighted by Crippen LogP contribution is 2.40. The Morgan fingerprint density at radius 2 is 1.69 bits per heavy atom. The zero-order chi connectivity index (χ0) is 18.0. The zero-order valence-corrected chi connectivity index (χ0v) is 15.7. The Morgan fingerprint density at radius 1 is 1.00 bits per heavy atom. The molecule has 0 amide bonds. The molecule has 5 heteroatoms. The summed E-state index contributed by atoms with van der Waals surface area (Å²) in [4.78, 5) is 1.21. The Labute approximate surface area is 158 Å². The van der Waals surface area contributed by atoms with Crippen molar-refractivity contribution in [2.45, 2.75) is 49.1 Å². The fourth-order valence-electron chi connectivity index (χ4n) is 3.23. The Balaban J connectivity index is 1.50. The van der Waals surface area contributed by atoms with Crippen molar-refractivity contribution in [1.29, 1.82) is 0 Å². The average Bonchev–Trinajstić information content (AvgIpc) is 3.11. The van der Waals surface area contributed by atoms with Crippen molar-refractivity contribution >= 4 is 18.0 Å². The minimum Gasteiger partial charge on any atom is -0.335 e. The Morgan fingerprint density at radius 3 is 2.42 bits per heavy atom. The predicted octanol–water partition coefficient (Wildman–Crippen LogP) is 4.07. The Kier molecular flexibility index (Phi) is 5.14. The largest absolute Gasteiger partial charge is 0.335 e. The molecule has 2 aromatic rings. The highest BCUT2D eigenvalue weighted by molar-refractivity contribution is 7.99. The van der Waals surface area contributed by atoms with Crippen LogP contribution in [0.2, 0.25) is 0 Å². The minimum absolute atomic E-state index is 0.105. The van der Waals surface area contributed by atoms with Crippen molar-refractivity contribution in [2.75, 3.05) is 5.75 Å². The normalized spacial score (nSPS) is 29.9. The molecule has 0 aromatic heterocycles. The van der Waals surface area contributed by atoms with Gasteiger partial charge < -0.3 is 14.2 Å². The first-order valence-electron chi connectivity index (χ1n) is 8.83. The van der Waals surface area contributed by atoms with Crippen LogP contribution < -0.4 is 0 Å². The van der Waals surface area contributed by atoms with E-state index >= 15 is 0 Å². The highest BCUT2D eigenvalue weighted by atomic mass is 32.2. The van der Waals surface area contributed by atoms with Gasteiger partial charge in [-0.1, -0.05) is 36.4 Å². The third kappa shape index (κ3) is 4.01. The molecule has 0 spiro atoms. The summed E-state index contributed by atoms with van der Waals surface area (Å²) >= 11 is 1.75. The topological polar surface area (TPSA) is 39.0 Å². The maximum absolute atomic E-state index is 6.13. The van der Waals surface area contributed by atoms with Crippen LogP contribution in [0.15, 0.2) is 65.6 Å². The molecular formula is C21H23O4S+. The van der Waals surface area contributed by atoms with Crippen LogP contribution in [0.4, 0.5) is 0 Å². The van der Waals surface area contributed by atoms with E-state index in [0.717, 1.165) is 11.3 Å². The molecule has 0 unspecified atom stereocenters. The molecule has 0 saturated carbocycles. The average molecular weight is 371 g/mol. The number of hydrogen-bond acceptors (Lipinski definition) is 4. The number of carbonyl (C=O) groups excluding carboxylic acids is 1. The fraction of sp³-hybridized carbons (Fsp3) is 0.381. The summed E-state index contributed by atoms with van der Waals surface area (Å²) in [5, 5.41) is 0. The number of ether oxygens (including phenoxy) is 3. The van der Waals surface area contributed by atoms with Crippen molar-refractivity contribution in [3.05, 3.63) is 66.2 Å². The number of fused-ring (bicyclic) bond motifs is 1. The first kappa shape index (κ1) is 17.7. The lowest BCUT2D eigenvalue weighted by atomic mass is 10.1. The van der Waals surface area contributed by atoms with Crippen LogP contribution in [-0.4, -0.2) is 42.4 Å². The van der Waals surface area contributed by atoms with Gasteiger partial charge in [0, 0.05) is 10.6 Å². The van der Waals surface area contributed by atoms with Crippen molar-refractivity contribution in [1.82, 2.24) is 0 Å². The molecule has 2 aliphatic rings. The summed E-state index contributed by atoms with van der Waals surface area (Å²) in [6, 6.07) is 20.3. The molecule has 2 aliphatic heterocycles. The first-order chi connectivity index (χ1) is 12.6. The number of hydrogen-bond donors (Lipinski definition) is 0. The van der Waals surface area contributed by atoms with Crippen LogP contribution in [0.5, 0.6) is 0 Å². The van der Waals surface area contributed by atoms with E-state index in [9.17, 15) is 0 Å². The summed E-state index contributed by atoms with van der Waals surface area (Å²) in [6.45, 7) is 3.81. The molecule has 2 fully saturated rings. The second-order valence-electron chi connectivity index (χ2n) is 6.90. The molecule has 4 nitrogen and oxygen atoms in total. The van der Waals surface area contributed by atoms with Crippen molar-refractivity contribution < 1.29 is 18.6 Å². The van der Waals surface area contributed by atoms with E-state index in [2.05, 4.69) is 12.1 Å². The fourth-order valence-corrected chi connectivity index (χ4v) is 4.20. The van der Waals surface area contributed by atoms with E-state index in [1.54, 1.807) is 18.0 Å². The van der Waals surface area contributed by atoms with Gasteiger partial charge in [0.15, 0.2) is 18.2 Å². The van der Waals surface area contributed by atoms with Crippen LogP contribution in [0.3, 0.4) is 0 Å². The van der Waals surface area contributed by atoms with E-state index in [1.165, 1.54) is 4.90 Å². The molecule has 4 rings (SSSR count). The molecule has 26 heavy (non-hydrogen) atoms. The molecule has 0 N–H and O–H groups in total. The van der Waals surface area contributed by atoms with E-state index in [1.807, 2.05) is 62.4 Å². The maximum atomic E-state index is 6.13. The quantitative estimate of drug-likeness (QED) is 0.451. The maximum Gasteiger partial charge on any atom is 0.328 e. The second-order valence-corrected chi connectivity index (χ2v) is 7.99. The van der Waals surface area contributed by atoms with Gasteiger partial charge >= 0.3 is 12.4 Å². The molecule has 0 aliphatic carbocycles. The summed E-state index contributed by atoms with van der Waals surface area (Å²) < 4.78 is 24.2. The van der Waals surface area contributed by atoms with Gasteiger partial charge in [0.1, 0.15) is 0 Å². The van der Waals surface area contributed by atoms with E-state index < -0.39 is 5.79 Å². The number of thioether (sulfide) groups is 1. The third-order valence-electron chi connectivity index (χ3n) is 4.41. The predicted molar refractivity (Wildman–Crippen MR) is 101 cm³/mol. The third-order valence-corrected chi connectivity index (χ3v) is 5.51. The van der Waals surface area contributed by atoms with Crippen LogP contribution in [0.25, 0.3) is 0 Å².